The molecule has 0 aliphatic rings. The monoisotopic (exact) mass is 233 g/mol. The maximum Gasteiger partial charge on any atom is 0.407 e. The maximum atomic E-state index is 11.0. The zero-order valence-electron chi connectivity index (χ0n) is 9.95. The highest BCUT2D eigenvalue weighted by molar-refractivity contribution is 5.67. The zero-order valence-corrected chi connectivity index (χ0v) is 9.95. The van der Waals surface area contributed by atoms with Gasteiger partial charge in [0.2, 0.25) is 0 Å². The Hall–Kier alpha value is -2.15. The molecule has 1 amide bonds. The number of alkyl carbamates (subject to hydrolysis) is 1. The van der Waals surface area contributed by atoms with Crippen molar-refractivity contribution in [3.8, 4) is 17.6 Å². The summed E-state index contributed by atoms with van der Waals surface area (Å²) in [6.07, 6.45) is -0.457. The topological polar surface area (TPSA) is 47.6 Å². The molecule has 90 valence electrons. The van der Waals surface area contributed by atoms with Gasteiger partial charge >= 0.3 is 6.09 Å². The van der Waals surface area contributed by atoms with Crippen LogP contribution in [0.25, 0.3) is 0 Å². The molecule has 0 radical (unpaired) electrons. The normalized spacial score (nSPS) is 8.82. The lowest BCUT2D eigenvalue weighted by molar-refractivity contribution is 0.153. The van der Waals surface area contributed by atoms with Gasteiger partial charge in [0.1, 0.15) is 5.75 Å². The van der Waals surface area contributed by atoms with Gasteiger partial charge in [0.05, 0.1) is 25.8 Å². The molecular weight excluding hydrogens is 218 g/mol. The van der Waals surface area contributed by atoms with E-state index in [1.165, 1.54) is 0 Å². The predicted octanol–water partition coefficient (Wildman–Crippen LogP) is 1.79. The summed E-state index contributed by atoms with van der Waals surface area (Å²) in [5.74, 6) is 6.46. The highest BCUT2D eigenvalue weighted by Crippen LogP contribution is 2.15. The third kappa shape index (κ3) is 4.47. The van der Waals surface area contributed by atoms with Crippen molar-refractivity contribution in [3.63, 3.8) is 0 Å². The Kier molecular flexibility index (Phi) is 5.45. The molecule has 0 atom stereocenters. The number of ether oxygens (including phenoxy) is 2. The van der Waals surface area contributed by atoms with E-state index < -0.39 is 6.09 Å². The summed E-state index contributed by atoms with van der Waals surface area (Å²) in [6.45, 7) is 2.35. The molecule has 0 unspecified atom stereocenters. The summed E-state index contributed by atoms with van der Waals surface area (Å²) >= 11 is 0. The Morgan fingerprint density at radius 2 is 2.18 bits per heavy atom. The fraction of sp³-hybridized carbons (Fsp3) is 0.308. The van der Waals surface area contributed by atoms with Gasteiger partial charge in [-0.15, -0.1) is 0 Å². The second-order valence-electron chi connectivity index (χ2n) is 3.08. The molecule has 0 spiro atoms. The van der Waals surface area contributed by atoms with Gasteiger partial charge in [-0.05, 0) is 19.1 Å². The van der Waals surface area contributed by atoms with Crippen LogP contribution in [0.3, 0.4) is 0 Å². The van der Waals surface area contributed by atoms with E-state index in [4.69, 9.17) is 9.47 Å². The second-order valence-corrected chi connectivity index (χ2v) is 3.08. The van der Waals surface area contributed by atoms with Crippen molar-refractivity contribution in [2.75, 3.05) is 20.3 Å². The molecular formula is C13H15NO3. The maximum absolute atomic E-state index is 11.0. The largest absolute Gasteiger partial charge is 0.495 e. The minimum atomic E-state index is -0.457. The molecule has 1 rings (SSSR count). The molecule has 1 N–H and O–H groups in total. The fourth-order valence-corrected chi connectivity index (χ4v) is 1.19. The number of para-hydroxylation sites is 1. The third-order valence-corrected chi connectivity index (χ3v) is 1.93. The van der Waals surface area contributed by atoms with E-state index in [-0.39, 0.29) is 6.54 Å². The Bertz CT molecular complexity index is 432. The van der Waals surface area contributed by atoms with E-state index in [0.717, 1.165) is 11.3 Å². The summed E-state index contributed by atoms with van der Waals surface area (Å²) < 4.78 is 9.84. The number of hydrogen-bond acceptors (Lipinski definition) is 3. The van der Waals surface area contributed by atoms with Crippen molar-refractivity contribution in [3.05, 3.63) is 29.8 Å². The number of rotatable bonds is 3. The summed E-state index contributed by atoms with van der Waals surface area (Å²) in [7, 11) is 1.59. The van der Waals surface area contributed by atoms with Gasteiger partial charge in [-0.3, -0.25) is 0 Å². The minimum Gasteiger partial charge on any atom is -0.495 e. The average molecular weight is 233 g/mol. The van der Waals surface area contributed by atoms with Crippen molar-refractivity contribution in [2.45, 2.75) is 6.92 Å². The minimum absolute atomic E-state index is 0.247. The number of carbonyl (C=O) groups is 1. The highest BCUT2D eigenvalue weighted by atomic mass is 16.5. The van der Waals surface area contributed by atoms with Crippen LogP contribution in [0.5, 0.6) is 5.75 Å². The molecule has 1 aromatic rings. The van der Waals surface area contributed by atoms with Crippen LogP contribution in [0, 0.1) is 11.8 Å². The van der Waals surface area contributed by atoms with Crippen LogP contribution in [-0.2, 0) is 4.74 Å². The Morgan fingerprint density at radius 3 is 2.88 bits per heavy atom. The van der Waals surface area contributed by atoms with Gasteiger partial charge in [0, 0.05) is 0 Å². The van der Waals surface area contributed by atoms with Crippen LogP contribution in [0.1, 0.15) is 12.5 Å². The van der Waals surface area contributed by atoms with E-state index in [1.54, 1.807) is 14.0 Å². The summed E-state index contributed by atoms with van der Waals surface area (Å²) in [5.41, 5.74) is 0.792. The van der Waals surface area contributed by atoms with Gasteiger partial charge < -0.3 is 14.8 Å². The van der Waals surface area contributed by atoms with Gasteiger partial charge in [-0.1, -0.05) is 24.0 Å². The smallest absolute Gasteiger partial charge is 0.407 e. The third-order valence-electron chi connectivity index (χ3n) is 1.93. The number of hydrogen-bond donors (Lipinski definition) is 1. The molecule has 0 aliphatic carbocycles. The first-order valence-electron chi connectivity index (χ1n) is 5.30. The second kappa shape index (κ2) is 7.18. The van der Waals surface area contributed by atoms with Gasteiger partial charge in [-0.2, -0.15) is 0 Å². The fourth-order valence-electron chi connectivity index (χ4n) is 1.19. The van der Waals surface area contributed by atoms with Crippen LogP contribution in [0.15, 0.2) is 24.3 Å². The lowest BCUT2D eigenvalue weighted by Crippen LogP contribution is -2.24. The first kappa shape index (κ1) is 12.9. The molecule has 0 saturated carbocycles. The molecule has 1 aromatic carbocycles. The van der Waals surface area contributed by atoms with Crippen molar-refractivity contribution in [1.82, 2.24) is 5.32 Å². The number of carbonyl (C=O) groups excluding carboxylic acids is 1. The lowest BCUT2D eigenvalue weighted by Gasteiger charge is -2.01. The van der Waals surface area contributed by atoms with Crippen molar-refractivity contribution in [1.29, 1.82) is 0 Å². The summed E-state index contributed by atoms with van der Waals surface area (Å²) in [6, 6.07) is 7.45. The molecule has 0 fully saturated rings. The average Bonchev–Trinajstić information content (AvgIpc) is 2.35. The first-order chi connectivity index (χ1) is 8.27. The molecule has 0 heterocycles. The molecule has 4 nitrogen and oxygen atoms in total. The molecule has 0 aliphatic heterocycles. The Morgan fingerprint density at radius 1 is 1.41 bits per heavy atom. The SMILES string of the molecule is CCOC(=O)NCC#Cc1ccccc1OC. The summed E-state index contributed by atoms with van der Waals surface area (Å²) in [5, 5.41) is 2.52. The molecule has 0 bridgehead atoms. The van der Waals surface area contributed by atoms with Crippen molar-refractivity contribution < 1.29 is 14.3 Å². The quantitative estimate of drug-likeness (QED) is 0.810. The number of amides is 1. The standard InChI is InChI=1S/C13H15NO3/c1-3-17-13(15)14-10-6-8-11-7-4-5-9-12(11)16-2/h4-5,7,9H,3,10H2,1-2H3,(H,14,15). The van der Waals surface area contributed by atoms with Crippen LogP contribution >= 0.6 is 0 Å². The summed E-state index contributed by atoms with van der Waals surface area (Å²) in [4.78, 5) is 11.0. The van der Waals surface area contributed by atoms with Crippen molar-refractivity contribution >= 4 is 6.09 Å². The molecule has 4 heteroatoms. The number of benzene rings is 1. The van der Waals surface area contributed by atoms with Crippen LogP contribution < -0.4 is 10.1 Å². The Balaban J connectivity index is 2.51. The lowest BCUT2D eigenvalue weighted by atomic mass is 10.2. The molecule has 0 aromatic heterocycles. The van der Waals surface area contributed by atoms with Crippen molar-refractivity contribution in [2.24, 2.45) is 0 Å². The van der Waals surface area contributed by atoms with E-state index in [0.29, 0.717) is 6.61 Å². The van der Waals surface area contributed by atoms with Crippen LogP contribution in [-0.4, -0.2) is 26.4 Å². The van der Waals surface area contributed by atoms with E-state index in [9.17, 15) is 4.79 Å². The van der Waals surface area contributed by atoms with Gasteiger partial charge in [0.25, 0.3) is 0 Å². The Labute approximate surface area is 101 Å². The predicted molar refractivity (Wildman–Crippen MR) is 64.9 cm³/mol. The van der Waals surface area contributed by atoms with E-state index >= 15 is 0 Å². The highest BCUT2D eigenvalue weighted by Gasteiger charge is 1.97. The van der Waals surface area contributed by atoms with E-state index in [2.05, 4.69) is 17.2 Å². The van der Waals surface area contributed by atoms with E-state index in [1.807, 2.05) is 24.3 Å². The zero-order chi connectivity index (χ0) is 12.5. The number of methoxy groups -OCH3 is 1. The van der Waals surface area contributed by atoms with Gasteiger partial charge in [-0.25, -0.2) is 4.79 Å². The number of nitrogens with one attached hydrogen (secondary N) is 1. The van der Waals surface area contributed by atoms with Crippen LogP contribution in [0.4, 0.5) is 4.79 Å². The van der Waals surface area contributed by atoms with Crippen LogP contribution in [0.2, 0.25) is 0 Å². The van der Waals surface area contributed by atoms with Gasteiger partial charge in [0.15, 0.2) is 0 Å². The molecule has 17 heavy (non-hydrogen) atoms. The molecule has 0 saturated heterocycles. The first-order valence-corrected chi connectivity index (χ1v) is 5.30.